The van der Waals surface area contributed by atoms with Gasteiger partial charge in [0.05, 0.1) is 0 Å². The minimum absolute atomic E-state index is 0.0309. The molecule has 13 heavy (non-hydrogen) atoms. The van der Waals surface area contributed by atoms with E-state index >= 15 is 0 Å². The predicted octanol–water partition coefficient (Wildman–Crippen LogP) is 1.18. The second kappa shape index (κ2) is 2.82. The molecule has 0 spiro atoms. The highest BCUT2D eigenvalue weighted by molar-refractivity contribution is 6.01. The summed E-state index contributed by atoms with van der Waals surface area (Å²) in [4.78, 5) is 24.9. The predicted molar refractivity (Wildman–Crippen MR) is 47.8 cm³/mol. The molecule has 2 fully saturated rings. The number of nitrogens with zero attached hydrogens (tertiary/aromatic N) is 1. The van der Waals surface area contributed by atoms with Crippen LogP contribution in [0.3, 0.4) is 0 Å². The highest BCUT2D eigenvalue weighted by atomic mass is 16.2. The van der Waals surface area contributed by atoms with E-state index in [9.17, 15) is 9.59 Å². The van der Waals surface area contributed by atoms with E-state index in [0.29, 0.717) is 0 Å². The quantitative estimate of drug-likeness (QED) is 0.570. The number of piperidine rings is 1. The van der Waals surface area contributed by atoms with Gasteiger partial charge in [0.2, 0.25) is 11.8 Å². The molecule has 1 aliphatic heterocycles. The Morgan fingerprint density at radius 1 is 1.15 bits per heavy atom. The smallest absolute Gasteiger partial charge is 0.232 e. The zero-order chi connectivity index (χ0) is 9.59. The molecule has 2 rings (SSSR count). The molecule has 0 radical (unpaired) electrons. The van der Waals surface area contributed by atoms with E-state index in [0.717, 1.165) is 19.3 Å². The van der Waals surface area contributed by atoms with Gasteiger partial charge in [0.15, 0.2) is 0 Å². The van der Waals surface area contributed by atoms with Gasteiger partial charge < -0.3 is 0 Å². The second-order valence-corrected chi connectivity index (χ2v) is 4.35. The molecule has 2 amide bonds. The van der Waals surface area contributed by atoms with Crippen LogP contribution in [0, 0.1) is 11.8 Å². The maximum absolute atomic E-state index is 11.7. The third-order valence-corrected chi connectivity index (χ3v) is 3.12. The van der Waals surface area contributed by atoms with Crippen molar-refractivity contribution >= 4 is 11.8 Å². The first kappa shape index (κ1) is 8.73. The SMILES string of the molecule is CC(C)N1C(=O)C2CCC(C2)C1=O. The van der Waals surface area contributed by atoms with Gasteiger partial charge in [0, 0.05) is 17.9 Å². The number of imide groups is 1. The molecule has 2 unspecified atom stereocenters. The Bertz CT molecular complexity index is 238. The summed E-state index contributed by atoms with van der Waals surface area (Å²) in [7, 11) is 0. The first-order chi connectivity index (χ1) is 6.11. The zero-order valence-corrected chi connectivity index (χ0v) is 8.12. The van der Waals surface area contributed by atoms with Gasteiger partial charge in [-0.2, -0.15) is 0 Å². The number of amides is 2. The summed E-state index contributed by atoms with van der Waals surface area (Å²) in [6.07, 6.45) is 2.64. The van der Waals surface area contributed by atoms with Crippen LogP contribution in [-0.2, 0) is 9.59 Å². The summed E-state index contributed by atoms with van der Waals surface area (Å²) in [6, 6.07) is 0.0309. The van der Waals surface area contributed by atoms with Crippen molar-refractivity contribution in [2.75, 3.05) is 0 Å². The fourth-order valence-corrected chi connectivity index (χ4v) is 2.44. The largest absolute Gasteiger partial charge is 0.280 e. The number of rotatable bonds is 1. The lowest BCUT2D eigenvalue weighted by molar-refractivity contribution is -0.154. The molecule has 3 heteroatoms. The van der Waals surface area contributed by atoms with Gasteiger partial charge in [-0.15, -0.1) is 0 Å². The maximum atomic E-state index is 11.7. The summed E-state index contributed by atoms with van der Waals surface area (Å²) in [5.41, 5.74) is 0. The normalized spacial score (nSPS) is 33.3. The van der Waals surface area contributed by atoms with Gasteiger partial charge in [0.1, 0.15) is 0 Å². The fourth-order valence-electron chi connectivity index (χ4n) is 2.44. The lowest BCUT2D eigenvalue weighted by Gasteiger charge is -2.32. The zero-order valence-electron chi connectivity index (χ0n) is 8.12. The molecule has 0 aromatic heterocycles. The van der Waals surface area contributed by atoms with E-state index < -0.39 is 0 Å². The molecular weight excluding hydrogens is 166 g/mol. The van der Waals surface area contributed by atoms with Crippen LogP contribution in [0.2, 0.25) is 0 Å². The lowest BCUT2D eigenvalue weighted by atomic mass is 9.96. The van der Waals surface area contributed by atoms with Gasteiger partial charge in [0.25, 0.3) is 0 Å². The van der Waals surface area contributed by atoms with Crippen molar-refractivity contribution < 1.29 is 9.59 Å². The van der Waals surface area contributed by atoms with E-state index in [-0.39, 0.29) is 29.7 Å². The lowest BCUT2D eigenvalue weighted by Crippen LogP contribution is -2.49. The summed E-state index contributed by atoms with van der Waals surface area (Å²) in [6.45, 7) is 3.81. The second-order valence-electron chi connectivity index (χ2n) is 4.35. The monoisotopic (exact) mass is 181 g/mol. The molecule has 0 aromatic carbocycles. The number of hydrogen-bond acceptors (Lipinski definition) is 2. The van der Waals surface area contributed by atoms with E-state index in [1.807, 2.05) is 13.8 Å². The molecule has 2 aliphatic rings. The number of likely N-dealkylation sites (tertiary alicyclic amines) is 1. The molecule has 0 aromatic rings. The van der Waals surface area contributed by atoms with Crippen LogP contribution in [0.5, 0.6) is 0 Å². The molecular formula is C10H15NO2. The van der Waals surface area contributed by atoms with E-state index in [2.05, 4.69) is 0 Å². The number of fused-ring (bicyclic) bond motifs is 2. The van der Waals surface area contributed by atoms with Crippen molar-refractivity contribution in [2.45, 2.75) is 39.2 Å². The molecule has 1 saturated heterocycles. The molecule has 1 aliphatic carbocycles. The molecule has 1 heterocycles. The Morgan fingerprint density at radius 3 is 2.00 bits per heavy atom. The average Bonchev–Trinajstić information content (AvgIpc) is 2.46. The van der Waals surface area contributed by atoms with Crippen LogP contribution in [0.15, 0.2) is 0 Å². The Morgan fingerprint density at radius 2 is 1.62 bits per heavy atom. The third-order valence-electron chi connectivity index (χ3n) is 3.12. The maximum Gasteiger partial charge on any atom is 0.232 e. The number of carbonyl (C=O) groups excluding carboxylic acids is 2. The van der Waals surface area contributed by atoms with Crippen LogP contribution >= 0.6 is 0 Å². The summed E-state index contributed by atoms with van der Waals surface area (Å²) >= 11 is 0. The standard InChI is InChI=1S/C10H15NO2/c1-6(2)11-9(12)7-3-4-8(5-7)10(11)13/h6-8H,3-5H2,1-2H3. The van der Waals surface area contributed by atoms with Gasteiger partial charge >= 0.3 is 0 Å². The van der Waals surface area contributed by atoms with Crippen molar-refractivity contribution in [3.8, 4) is 0 Å². The molecule has 0 N–H and O–H groups in total. The van der Waals surface area contributed by atoms with E-state index in [1.165, 1.54) is 4.90 Å². The van der Waals surface area contributed by atoms with Crippen molar-refractivity contribution in [2.24, 2.45) is 11.8 Å². The van der Waals surface area contributed by atoms with E-state index in [4.69, 9.17) is 0 Å². The van der Waals surface area contributed by atoms with Crippen LogP contribution in [0.4, 0.5) is 0 Å². The first-order valence-electron chi connectivity index (χ1n) is 4.98. The molecule has 2 atom stereocenters. The average molecular weight is 181 g/mol. The minimum Gasteiger partial charge on any atom is -0.280 e. The first-order valence-corrected chi connectivity index (χ1v) is 4.98. The minimum atomic E-state index is 0.0309. The van der Waals surface area contributed by atoms with Gasteiger partial charge in [-0.3, -0.25) is 14.5 Å². The molecule has 1 saturated carbocycles. The number of carbonyl (C=O) groups is 2. The van der Waals surface area contributed by atoms with Gasteiger partial charge in [-0.1, -0.05) is 0 Å². The number of hydrogen-bond donors (Lipinski definition) is 0. The molecule has 72 valence electrons. The van der Waals surface area contributed by atoms with Crippen molar-refractivity contribution in [1.29, 1.82) is 0 Å². The summed E-state index contributed by atoms with van der Waals surface area (Å²) in [5.74, 6) is 0.415. The molecule has 3 nitrogen and oxygen atoms in total. The van der Waals surface area contributed by atoms with Crippen molar-refractivity contribution in [3.63, 3.8) is 0 Å². The Labute approximate surface area is 78.1 Å². The summed E-state index contributed by atoms with van der Waals surface area (Å²) in [5, 5.41) is 0. The Hall–Kier alpha value is -0.860. The van der Waals surface area contributed by atoms with Crippen LogP contribution in [0.25, 0.3) is 0 Å². The van der Waals surface area contributed by atoms with Crippen LogP contribution < -0.4 is 0 Å². The highest BCUT2D eigenvalue weighted by Crippen LogP contribution is 2.38. The molecule has 2 bridgehead atoms. The van der Waals surface area contributed by atoms with Crippen LogP contribution in [0.1, 0.15) is 33.1 Å². The third kappa shape index (κ3) is 1.18. The van der Waals surface area contributed by atoms with Gasteiger partial charge in [-0.25, -0.2) is 0 Å². The fraction of sp³-hybridized carbons (Fsp3) is 0.800. The van der Waals surface area contributed by atoms with Crippen molar-refractivity contribution in [3.05, 3.63) is 0 Å². The summed E-state index contributed by atoms with van der Waals surface area (Å²) < 4.78 is 0. The Balaban J connectivity index is 2.28. The van der Waals surface area contributed by atoms with E-state index in [1.54, 1.807) is 0 Å². The van der Waals surface area contributed by atoms with Gasteiger partial charge in [-0.05, 0) is 33.1 Å². The Kier molecular flexibility index (Phi) is 1.90. The van der Waals surface area contributed by atoms with Crippen molar-refractivity contribution in [1.82, 2.24) is 4.90 Å². The topological polar surface area (TPSA) is 37.4 Å². The van der Waals surface area contributed by atoms with Crippen LogP contribution in [-0.4, -0.2) is 22.8 Å². The highest BCUT2D eigenvalue weighted by Gasteiger charge is 2.45.